The van der Waals surface area contributed by atoms with Gasteiger partial charge in [0.05, 0.1) is 0 Å². The van der Waals surface area contributed by atoms with E-state index in [4.69, 9.17) is 0 Å². The van der Waals surface area contributed by atoms with E-state index in [1.165, 1.54) is 111 Å². The summed E-state index contributed by atoms with van der Waals surface area (Å²) in [6.07, 6.45) is 0. The molecule has 11 aromatic rings. The Morgan fingerprint density at radius 3 is 0.973 bits per heavy atom. The van der Waals surface area contributed by atoms with Crippen molar-refractivity contribution in [1.82, 2.24) is 0 Å². The smallest absolute Gasteiger partial charge is 0.0465 e. The molecule has 0 fully saturated rings. The minimum absolute atomic E-state index is 0.0565. The van der Waals surface area contributed by atoms with Crippen LogP contribution in [0.3, 0.4) is 0 Å². The first kappa shape index (κ1) is 44.2. The van der Waals surface area contributed by atoms with Crippen LogP contribution in [0.5, 0.6) is 0 Å². The van der Waals surface area contributed by atoms with E-state index in [1.54, 1.807) is 0 Å². The van der Waals surface area contributed by atoms with Gasteiger partial charge in [-0.3, -0.25) is 0 Å². The third-order valence-electron chi connectivity index (χ3n) is 15.9. The van der Waals surface area contributed by atoms with Crippen molar-refractivity contribution in [2.75, 3.05) is 4.90 Å². The fourth-order valence-electron chi connectivity index (χ4n) is 11.8. The molecule has 0 saturated carbocycles. The zero-order valence-corrected chi connectivity index (χ0v) is 41.8. The maximum atomic E-state index is 2.44. The Bertz CT molecular complexity index is 3840. The second-order valence-electron chi connectivity index (χ2n) is 20.9. The standard InChI is InChI=1S/C72H55N/c1-71(2)67-21-12-11-20-63(67)64-41-34-59(45-68(64)71)55-32-38-61(39-33-55)73(60-36-30-54(31-37-60)57-19-13-18-56(44-57)49-16-9-6-10-17-49)62-40-43-66-65-42-35-58(46-69(65)72(3,4)70(66)47-62)53-28-26-52(27-29-53)51-24-22-50(23-25-51)48-14-7-5-8-15-48/h5-47H,1-4H3. The fraction of sp³-hybridized carbons (Fsp3) is 0.0833. The third kappa shape index (κ3) is 7.72. The molecule has 1 heteroatoms. The summed E-state index contributed by atoms with van der Waals surface area (Å²) < 4.78 is 0. The molecule has 73 heavy (non-hydrogen) atoms. The van der Waals surface area contributed by atoms with Crippen molar-refractivity contribution < 1.29 is 0 Å². The maximum Gasteiger partial charge on any atom is 0.0465 e. The third-order valence-corrected chi connectivity index (χ3v) is 15.9. The normalized spacial score (nSPS) is 13.4. The number of benzene rings is 11. The molecule has 0 N–H and O–H groups in total. The molecule has 348 valence electrons. The Kier molecular flexibility index (Phi) is 10.6. The lowest BCUT2D eigenvalue weighted by atomic mass is 9.81. The molecule has 0 radical (unpaired) electrons. The fourth-order valence-corrected chi connectivity index (χ4v) is 11.8. The van der Waals surface area contributed by atoms with Crippen molar-refractivity contribution in [3.63, 3.8) is 0 Å². The van der Waals surface area contributed by atoms with Gasteiger partial charge in [0.1, 0.15) is 0 Å². The first-order chi connectivity index (χ1) is 35.7. The van der Waals surface area contributed by atoms with Crippen LogP contribution in [0.25, 0.3) is 89.0 Å². The first-order valence-electron chi connectivity index (χ1n) is 25.6. The average Bonchev–Trinajstić information content (AvgIpc) is 3.82. The average molecular weight is 934 g/mol. The number of hydrogen-bond donors (Lipinski definition) is 0. The molecule has 2 aliphatic rings. The van der Waals surface area contributed by atoms with Crippen LogP contribution in [0.1, 0.15) is 49.9 Å². The van der Waals surface area contributed by atoms with E-state index in [0.29, 0.717) is 0 Å². The first-order valence-corrected chi connectivity index (χ1v) is 25.6. The lowest BCUT2D eigenvalue weighted by Gasteiger charge is -2.28. The SMILES string of the molecule is CC1(C)c2ccccc2-c2ccc(-c3ccc(N(c4ccc(-c5cccc(-c6ccccc6)c5)cc4)c4ccc5c(c4)C(C)(C)c4cc(-c6ccc(-c7ccc(-c8ccccc8)cc7)cc6)ccc4-5)cc3)cc21. The molecule has 0 aromatic heterocycles. The molecule has 0 spiro atoms. The van der Waals surface area contributed by atoms with Gasteiger partial charge in [-0.25, -0.2) is 0 Å². The highest BCUT2D eigenvalue weighted by Gasteiger charge is 2.37. The van der Waals surface area contributed by atoms with Crippen molar-refractivity contribution in [2.24, 2.45) is 0 Å². The Balaban J connectivity index is 0.832. The molecule has 0 aliphatic heterocycles. The van der Waals surface area contributed by atoms with E-state index in [2.05, 4.69) is 293 Å². The summed E-state index contributed by atoms with van der Waals surface area (Å²) in [7, 11) is 0. The molecule has 0 saturated heterocycles. The zero-order valence-electron chi connectivity index (χ0n) is 41.8. The molecule has 2 aliphatic carbocycles. The van der Waals surface area contributed by atoms with Crippen LogP contribution < -0.4 is 4.90 Å². The van der Waals surface area contributed by atoms with Crippen molar-refractivity contribution in [2.45, 2.75) is 38.5 Å². The number of nitrogens with zero attached hydrogens (tertiary/aromatic N) is 1. The van der Waals surface area contributed by atoms with E-state index in [9.17, 15) is 0 Å². The molecular weight excluding hydrogens is 879 g/mol. The minimum atomic E-state index is -0.221. The van der Waals surface area contributed by atoms with Gasteiger partial charge in [0, 0.05) is 27.9 Å². The number of anilines is 3. The summed E-state index contributed by atoms with van der Waals surface area (Å²) in [5.74, 6) is 0. The Morgan fingerprint density at radius 1 is 0.205 bits per heavy atom. The van der Waals surface area contributed by atoms with Crippen LogP contribution in [0, 0.1) is 0 Å². The van der Waals surface area contributed by atoms with Gasteiger partial charge in [-0.1, -0.05) is 234 Å². The minimum Gasteiger partial charge on any atom is -0.310 e. The van der Waals surface area contributed by atoms with Crippen LogP contribution in [-0.2, 0) is 10.8 Å². The second-order valence-corrected chi connectivity index (χ2v) is 20.9. The summed E-state index contributed by atoms with van der Waals surface area (Å²) >= 11 is 0. The van der Waals surface area contributed by atoms with Gasteiger partial charge >= 0.3 is 0 Å². The van der Waals surface area contributed by atoms with Gasteiger partial charge < -0.3 is 4.90 Å². The van der Waals surface area contributed by atoms with Crippen LogP contribution in [0.4, 0.5) is 17.1 Å². The Labute approximate surface area is 430 Å². The molecule has 0 amide bonds. The Hall–Kier alpha value is -8.78. The van der Waals surface area contributed by atoms with Gasteiger partial charge in [0.25, 0.3) is 0 Å². The molecule has 1 nitrogen and oxygen atoms in total. The number of hydrogen-bond acceptors (Lipinski definition) is 1. The monoisotopic (exact) mass is 933 g/mol. The van der Waals surface area contributed by atoms with Crippen molar-refractivity contribution >= 4 is 17.1 Å². The van der Waals surface area contributed by atoms with E-state index in [1.807, 2.05) is 0 Å². The highest BCUT2D eigenvalue weighted by atomic mass is 15.1. The summed E-state index contributed by atoms with van der Waals surface area (Å²) in [6.45, 7) is 9.49. The van der Waals surface area contributed by atoms with Crippen molar-refractivity contribution in [3.8, 4) is 89.0 Å². The zero-order chi connectivity index (χ0) is 49.3. The van der Waals surface area contributed by atoms with Crippen LogP contribution >= 0.6 is 0 Å². The molecular formula is C72H55N. The van der Waals surface area contributed by atoms with Crippen LogP contribution in [-0.4, -0.2) is 0 Å². The second kappa shape index (κ2) is 17.5. The number of fused-ring (bicyclic) bond motifs is 6. The summed E-state index contributed by atoms with van der Waals surface area (Å²) in [6, 6.07) is 96.4. The van der Waals surface area contributed by atoms with E-state index < -0.39 is 0 Å². The summed E-state index contributed by atoms with van der Waals surface area (Å²) in [5, 5.41) is 0. The van der Waals surface area contributed by atoms with Gasteiger partial charge in [-0.15, -0.1) is 0 Å². The molecule has 0 heterocycles. The quantitative estimate of drug-likeness (QED) is 0.139. The van der Waals surface area contributed by atoms with E-state index in [-0.39, 0.29) is 10.8 Å². The lowest BCUT2D eigenvalue weighted by Crippen LogP contribution is -2.16. The highest BCUT2D eigenvalue weighted by molar-refractivity contribution is 5.89. The van der Waals surface area contributed by atoms with Gasteiger partial charge in [-0.2, -0.15) is 0 Å². The lowest BCUT2D eigenvalue weighted by molar-refractivity contribution is 0.660. The van der Waals surface area contributed by atoms with E-state index in [0.717, 1.165) is 17.1 Å². The van der Waals surface area contributed by atoms with Gasteiger partial charge in [0.2, 0.25) is 0 Å². The van der Waals surface area contributed by atoms with Crippen LogP contribution in [0.15, 0.2) is 261 Å². The summed E-state index contributed by atoms with van der Waals surface area (Å²) in [5.41, 5.74) is 28.5. The highest BCUT2D eigenvalue weighted by Crippen LogP contribution is 2.53. The molecule has 13 rings (SSSR count). The topological polar surface area (TPSA) is 3.24 Å². The van der Waals surface area contributed by atoms with Gasteiger partial charge in [0.15, 0.2) is 0 Å². The molecule has 0 bridgehead atoms. The predicted molar refractivity (Wildman–Crippen MR) is 309 cm³/mol. The largest absolute Gasteiger partial charge is 0.310 e. The van der Waals surface area contributed by atoms with Crippen molar-refractivity contribution in [1.29, 1.82) is 0 Å². The van der Waals surface area contributed by atoms with Gasteiger partial charge in [-0.05, 0) is 166 Å². The molecule has 11 aromatic carbocycles. The maximum absolute atomic E-state index is 2.44. The van der Waals surface area contributed by atoms with E-state index >= 15 is 0 Å². The Morgan fingerprint density at radius 2 is 0.493 bits per heavy atom. The van der Waals surface area contributed by atoms with Crippen LogP contribution in [0.2, 0.25) is 0 Å². The summed E-state index contributed by atoms with van der Waals surface area (Å²) in [4.78, 5) is 2.43. The molecule has 0 unspecified atom stereocenters. The number of rotatable bonds is 9. The van der Waals surface area contributed by atoms with Crippen molar-refractivity contribution in [3.05, 3.63) is 283 Å². The molecule has 0 atom stereocenters. The predicted octanol–water partition coefficient (Wildman–Crippen LogP) is 19.8.